The largest absolute Gasteiger partial charge is 0.396 e. The molecule has 19 heavy (non-hydrogen) atoms. The summed E-state index contributed by atoms with van der Waals surface area (Å²) in [5.74, 6) is -1.35. The quantitative estimate of drug-likeness (QED) is 0.842. The molecule has 1 atom stereocenters. The van der Waals surface area contributed by atoms with E-state index in [1.54, 1.807) is 6.92 Å². The predicted molar refractivity (Wildman–Crippen MR) is 70.9 cm³/mol. The zero-order chi connectivity index (χ0) is 14.5. The molecule has 2 N–H and O–H groups in total. The number of methoxy groups -OCH3 is 1. The second kappa shape index (κ2) is 6.84. The first kappa shape index (κ1) is 15.9. The highest BCUT2D eigenvalue weighted by atomic mass is 35.5. The molecule has 0 aliphatic heterocycles. The van der Waals surface area contributed by atoms with E-state index in [9.17, 15) is 9.18 Å². The third kappa shape index (κ3) is 4.16. The van der Waals surface area contributed by atoms with Gasteiger partial charge in [0, 0.05) is 13.7 Å². The van der Waals surface area contributed by atoms with Crippen LogP contribution in [0.15, 0.2) is 18.2 Å². The summed E-state index contributed by atoms with van der Waals surface area (Å²) >= 11 is 5.63. The minimum atomic E-state index is -0.769. The van der Waals surface area contributed by atoms with Crippen LogP contribution in [-0.2, 0) is 4.74 Å². The Balaban J connectivity index is 2.91. The Bertz CT molecular complexity index is 448. The molecule has 0 saturated carbocycles. The van der Waals surface area contributed by atoms with E-state index >= 15 is 0 Å². The molecule has 6 heteroatoms. The normalized spacial score (nSPS) is 13.9. The predicted octanol–water partition coefficient (Wildman–Crippen LogP) is 2.00. The summed E-state index contributed by atoms with van der Waals surface area (Å²) < 4.78 is 18.7. The van der Waals surface area contributed by atoms with Crippen molar-refractivity contribution in [1.29, 1.82) is 0 Å². The number of rotatable bonds is 6. The molecule has 0 aliphatic carbocycles. The van der Waals surface area contributed by atoms with Crippen molar-refractivity contribution in [2.75, 3.05) is 20.3 Å². The van der Waals surface area contributed by atoms with Gasteiger partial charge in [-0.15, -0.1) is 0 Å². The van der Waals surface area contributed by atoms with E-state index in [0.717, 1.165) is 0 Å². The van der Waals surface area contributed by atoms with Crippen molar-refractivity contribution in [3.8, 4) is 0 Å². The maximum Gasteiger partial charge on any atom is 0.254 e. The first-order valence-corrected chi connectivity index (χ1v) is 6.17. The number of aliphatic hydroxyl groups is 1. The van der Waals surface area contributed by atoms with Gasteiger partial charge in [-0.25, -0.2) is 4.39 Å². The molecule has 106 valence electrons. The summed E-state index contributed by atoms with van der Waals surface area (Å²) in [6, 6.07) is 4.22. The van der Waals surface area contributed by atoms with Crippen LogP contribution in [0.25, 0.3) is 0 Å². The summed E-state index contributed by atoms with van der Waals surface area (Å²) in [6.07, 6.45) is 0.300. The van der Waals surface area contributed by atoms with E-state index in [4.69, 9.17) is 21.4 Å². The van der Waals surface area contributed by atoms with Gasteiger partial charge in [-0.05, 0) is 25.5 Å². The molecule has 0 spiro atoms. The fourth-order valence-electron chi connectivity index (χ4n) is 1.76. The molecule has 0 fully saturated rings. The molecule has 0 saturated heterocycles. The Labute approximate surface area is 116 Å². The molecule has 0 aromatic heterocycles. The van der Waals surface area contributed by atoms with Crippen molar-refractivity contribution in [3.05, 3.63) is 34.6 Å². The molecule has 0 unspecified atom stereocenters. The molecular formula is C13H17ClFNO3. The van der Waals surface area contributed by atoms with Crippen molar-refractivity contribution in [3.63, 3.8) is 0 Å². The number of halogens is 2. The van der Waals surface area contributed by atoms with Crippen LogP contribution in [0, 0.1) is 5.82 Å². The molecule has 4 nitrogen and oxygen atoms in total. The monoisotopic (exact) mass is 289 g/mol. The number of nitrogens with one attached hydrogen (secondary N) is 1. The summed E-state index contributed by atoms with van der Waals surface area (Å²) in [5, 5.41) is 11.6. The Morgan fingerprint density at radius 2 is 2.26 bits per heavy atom. The molecule has 0 heterocycles. The number of aliphatic hydroxyl groups excluding tert-OH is 1. The Morgan fingerprint density at radius 1 is 1.58 bits per heavy atom. The Morgan fingerprint density at radius 3 is 2.84 bits per heavy atom. The van der Waals surface area contributed by atoms with Crippen molar-refractivity contribution < 1.29 is 19.0 Å². The van der Waals surface area contributed by atoms with Gasteiger partial charge < -0.3 is 15.2 Å². The summed E-state index contributed by atoms with van der Waals surface area (Å²) in [5.41, 5.74) is -0.900. The van der Waals surface area contributed by atoms with Gasteiger partial charge in [-0.2, -0.15) is 0 Å². The second-order valence-corrected chi connectivity index (χ2v) is 4.93. The fraction of sp³-hybridized carbons (Fsp3) is 0.462. The first-order chi connectivity index (χ1) is 8.93. The van der Waals surface area contributed by atoms with Gasteiger partial charge in [0.15, 0.2) is 5.82 Å². The highest BCUT2D eigenvalue weighted by Gasteiger charge is 2.27. The van der Waals surface area contributed by atoms with Crippen molar-refractivity contribution >= 4 is 17.5 Å². The van der Waals surface area contributed by atoms with E-state index < -0.39 is 17.3 Å². The minimum absolute atomic E-state index is 0.108. The first-order valence-electron chi connectivity index (χ1n) is 5.80. The smallest absolute Gasteiger partial charge is 0.254 e. The van der Waals surface area contributed by atoms with E-state index in [0.29, 0.717) is 6.42 Å². The van der Waals surface area contributed by atoms with Crippen molar-refractivity contribution in [1.82, 2.24) is 5.32 Å². The molecule has 0 bridgehead atoms. The van der Waals surface area contributed by atoms with Gasteiger partial charge in [-0.1, -0.05) is 17.7 Å². The van der Waals surface area contributed by atoms with Gasteiger partial charge in [0.2, 0.25) is 0 Å². The van der Waals surface area contributed by atoms with Crippen LogP contribution in [0.1, 0.15) is 23.7 Å². The molecule has 1 aromatic carbocycles. The van der Waals surface area contributed by atoms with E-state index in [1.807, 2.05) is 0 Å². The topological polar surface area (TPSA) is 58.6 Å². The number of carbonyl (C=O) groups excluding carboxylic acids is 1. The van der Waals surface area contributed by atoms with E-state index in [1.165, 1.54) is 25.3 Å². The average molecular weight is 290 g/mol. The van der Waals surface area contributed by atoms with Gasteiger partial charge in [0.1, 0.15) is 0 Å². The summed E-state index contributed by atoms with van der Waals surface area (Å²) in [6.45, 7) is 1.81. The van der Waals surface area contributed by atoms with Crippen LogP contribution < -0.4 is 5.32 Å². The van der Waals surface area contributed by atoms with Crippen molar-refractivity contribution in [2.24, 2.45) is 0 Å². The maximum absolute atomic E-state index is 13.7. The molecular weight excluding hydrogens is 273 g/mol. The lowest BCUT2D eigenvalue weighted by Crippen LogP contribution is -2.50. The second-order valence-electron chi connectivity index (χ2n) is 4.52. The van der Waals surface area contributed by atoms with E-state index in [2.05, 4.69) is 5.32 Å². The number of carbonyl (C=O) groups is 1. The lowest BCUT2D eigenvalue weighted by Gasteiger charge is -2.29. The SMILES string of the molecule is COC[C@](C)(CCO)NC(=O)c1cccc(Cl)c1F. The maximum atomic E-state index is 13.7. The van der Waals surface area contributed by atoms with Crippen LogP contribution in [0.3, 0.4) is 0 Å². The molecule has 1 aromatic rings. The number of benzene rings is 1. The van der Waals surface area contributed by atoms with Crippen molar-refractivity contribution in [2.45, 2.75) is 18.9 Å². The minimum Gasteiger partial charge on any atom is -0.396 e. The number of hydrogen-bond acceptors (Lipinski definition) is 3. The van der Waals surface area contributed by atoms with Gasteiger partial charge >= 0.3 is 0 Å². The number of ether oxygens (including phenoxy) is 1. The molecule has 1 amide bonds. The Hall–Kier alpha value is -1.17. The van der Waals surface area contributed by atoms with Gasteiger partial charge in [0.05, 0.1) is 22.7 Å². The van der Waals surface area contributed by atoms with Gasteiger partial charge in [0.25, 0.3) is 5.91 Å². The molecule has 1 rings (SSSR count). The lowest BCUT2D eigenvalue weighted by molar-refractivity contribution is 0.0722. The summed E-state index contributed by atoms with van der Waals surface area (Å²) in [7, 11) is 1.49. The van der Waals surface area contributed by atoms with Crippen LogP contribution in [-0.4, -0.2) is 36.9 Å². The summed E-state index contributed by atoms with van der Waals surface area (Å²) in [4.78, 5) is 12.0. The van der Waals surface area contributed by atoms with Crippen LogP contribution in [0.4, 0.5) is 4.39 Å². The third-order valence-electron chi connectivity index (χ3n) is 2.74. The zero-order valence-corrected chi connectivity index (χ0v) is 11.6. The van der Waals surface area contributed by atoms with Crippen LogP contribution in [0.5, 0.6) is 0 Å². The fourth-order valence-corrected chi connectivity index (χ4v) is 1.93. The highest BCUT2D eigenvalue weighted by Crippen LogP contribution is 2.19. The third-order valence-corrected chi connectivity index (χ3v) is 3.03. The number of hydrogen-bond donors (Lipinski definition) is 2. The average Bonchev–Trinajstić information content (AvgIpc) is 2.32. The standard InChI is InChI=1S/C13H17ClFNO3/c1-13(6-7-17,8-19-2)16-12(18)9-4-3-5-10(14)11(9)15/h3-5,17H,6-8H2,1-2H3,(H,16,18)/t13-/m0/s1. The molecule has 0 radical (unpaired) electrons. The molecule has 0 aliphatic rings. The van der Waals surface area contributed by atoms with Crippen LogP contribution in [0.2, 0.25) is 5.02 Å². The van der Waals surface area contributed by atoms with E-state index in [-0.39, 0.29) is 23.8 Å². The Kier molecular flexibility index (Phi) is 5.72. The highest BCUT2D eigenvalue weighted by molar-refractivity contribution is 6.31. The lowest BCUT2D eigenvalue weighted by atomic mass is 9.98. The van der Waals surface area contributed by atoms with Crippen LogP contribution >= 0.6 is 11.6 Å². The van der Waals surface area contributed by atoms with Gasteiger partial charge in [-0.3, -0.25) is 4.79 Å². The zero-order valence-electron chi connectivity index (χ0n) is 10.9. The number of amides is 1.